The van der Waals surface area contributed by atoms with Gasteiger partial charge in [-0.05, 0) is 37.9 Å². The van der Waals surface area contributed by atoms with Crippen LogP contribution >= 0.6 is 0 Å². The molecule has 0 bridgehead atoms. The zero-order valence-corrected chi connectivity index (χ0v) is 12.2. The largest absolute Gasteiger partial charge is 0.472 e. The second-order valence-corrected chi connectivity index (χ2v) is 5.76. The Morgan fingerprint density at radius 3 is 2.90 bits per heavy atom. The van der Waals surface area contributed by atoms with Crippen molar-refractivity contribution in [3.8, 4) is 0 Å². The van der Waals surface area contributed by atoms with Crippen LogP contribution in [-0.2, 0) is 19.5 Å². The first-order valence-corrected chi connectivity index (χ1v) is 7.57. The van der Waals surface area contributed by atoms with Gasteiger partial charge in [-0.3, -0.25) is 9.58 Å². The summed E-state index contributed by atoms with van der Waals surface area (Å²) in [5.41, 5.74) is 2.12. The van der Waals surface area contributed by atoms with E-state index in [2.05, 4.69) is 15.2 Å². The number of aliphatic hydroxyl groups is 1. The molecule has 6 heteroatoms. The van der Waals surface area contributed by atoms with Gasteiger partial charge in [0.25, 0.3) is 0 Å². The molecule has 6 nitrogen and oxygen atoms in total. The average Bonchev–Trinajstić information content (AvgIpc) is 3.14. The number of aromatic nitrogens is 3. The lowest BCUT2D eigenvalue weighted by molar-refractivity contribution is 0.164. The Morgan fingerprint density at radius 2 is 2.19 bits per heavy atom. The van der Waals surface area contributed by atoms with Crippen LogP contribution in [0.2, 0.25) is 0 Å². The van der Waals surface area contributed by atoms with Crippen molar-refractivity contribution in [2.75, 3.05) is 19.7 Å². The van der Waals surface area contributed by atoms with Gasteiger partial charge in [-0.2, -0.15) is 0 Å². The molecule has 0 aromatic carbocycles. The predicted molar refractivity (Wildman–Crippen MR) is 77.5 cm³/mol. The van der Waals surface area contributed by atoms with E-state index in [1.54, 1.807) is 6.26 Å². The minimum Gasteiger partial charge on any atom is -0.472 e. The Kier molecular flexibility index (Phi) is 4.67. The summed E-state index contributed by atoms with van der Waals surface area (Å²) < 4.78 is 7.03. The third kappa shape index (κ3) is 3.92. The van der Waals surface area contributed by atoms with Gasteiger partial charge in [-0.25, -0.2) is 0 Å². The average molecular weight is 290 g/mol. The highest BCUT2D eigenvalue weighted by molar-refractivity contribution is 5.05. The van der Waals surface area contributed by atoms with Crippen LogP contribution in [0.4, 0.5) is 0 Å². The maximum atomic E-state index is 8.90. The zero-order chi connectivity index (χ0) is 14.5. The first-order chi connectivity index (χ1) is 10.3. The fourth-order valence-corrected chi connectivity index (χ4v) is 2.89. The third-order valence-electron chi connectivity index (χ3n) is 4.09. The van der Waals surface area contributed by atoms with Gasteiger partial charge in [-0.1, -0.05) is 5.21 Å². The topological polar surface area (TPSA) is 67.3 Å². The Morgan fingerprint density at radius 1 is 1.33 bits per heavy atom. The molecule has 1 N–H and O–H groups in total. The predicted octanol–water partition coefficient (Wildman–Crippen LogP) is 1.32. The molecule has 1 aliphatic rings. The SMILES string of the molecule is OCCc1cn(CC2CCN(Cc3ccoc3)CC2)nn1. The van der Waals surface area contributed by atoms with Crippen LogP contribution in [0, 0.1) is 5.92 Å². The number of nitrogens with zero attached hydrogens (tertiary/aromatic N) is 4. The molecule has 0 radical (unpaired) electrons. The number of hydrogen-bond acceptors (Lipinski definition) is 5. The Labute approximate surface area is 124 Å². The maximum Gasteiger partial charge on any atom is 0.0947 e. The van der Waals surface area contributed by atoms with Gasteiger partial charge in [-0.15, -0.1) is 5.10 Å². The number of furan rings is 1. The van der Waals surface area contributed by atoms with E-state index >= 15 is 0 Å². The molecule has 2 aromatic rings. The highest BCUT2D eigenvalue weighted by atomic mass is 16.3. The third-order valence-corrected chi connectivity index (χ3v) is 4.09. The van der Waals surface area contributed by atoms with Crippen molar-refractivity contribution in [1.82, 2.24) is 19.9 Å². The zero-order valence-electron chi connectivity index (χ0n) is 12.2. The second-order valence-electron chi connectivity index (χ2n) is 5.76. The van der Waals surface area contributed by atoms with Crippen LogP contribution in [0.25, 0.3) is 0 Å². The van der Waals surface area contributed by atoms with Gasteiger partial charge in [0, 0.05) is 37.9 Å². The number of rotatable bonds is 6. The molecule has 0 spiro atoms. The molecular formula is C15H22N4O2. The van der Waals surface area contributed by atoms with Crippen LogP contribution in [-0.4, -0.2) is 44.7 Å². The van der Waals surface area contributed by atoms with Crippen molar-refractivity contribution < 1.29 is 9.52 Å². The number of piperidine rings is 1. The number of hydrogen-bond donors (Lipinski definition) is 1. The van der Waals surface area contributed by atoms with E-state index in [9.17, 15) is 0 Å². The van der Waals surface area contributed by atoms with Gasteiger partial charge < -0.3 is 9.52 Å². The first kappa shape index (κ1) is 14.3. The summed E-state index contributed by atoms with van der Waals surface area (Å²) in [7, 11) is 0. The van der Waals surface area contributed by atoms with Crippen LogP contribution in [0.3, 0.4) is 0 Å². The van der Waals surface area contributed by atoms with E-state index < -0.39 is 0 Å². The molecule has 3 heterocycles. The minimum atomic E-state index is 0.130. The Hall–Kier alpha value is -1.66. The van der Waals surface area contributed by atoms with Crippen molar-refractivity contribution in [3.63, 3.8) is 0 Å². The Bertz CT molecular complexity index is 530. The molecule has 0 saturated carbocycles. The summed E-state index contributed by atoms with van der Waals surface area (Å²) in [4.78, 5) is 2.47. The van der Waals surface area contributed by atoms with Gasteiger partial charge in [0.2, 0.25) is 0 Å². The molecular weight excluding hydrogens is 268 g/mol. The normalized spacial score (nSPS) is 17.4. The lowest BCUT2D eigenvalue weighted by atomic mass is 9.96. The van der Waals surface area contributed by atoms with Crippen molar-refractivity contribution in [2.24, 2.45) is 5.92 Å². The molecule has 1 saturated heterocycles. The fourth-order valence-electron chi connectivity index (χ4n) is 2.89. The summed E-state index contributed by atoms with van der Waals surface area (Å²) in [6.45, 7) is 4.28. The lowest BCUT2D eigenvalue weighted by Crippen LogP contribution is -2.34. The molecule has 114 valence electrons. The van der Waals surface area contributed by atoms with Gasteiger partial charge in [0.15, 0.2) is 0 Å². The van der Waals surface area contributed by atoms with E-state index in [1.165, 1.54) is 18.4 Å². The van der Waals surface area contributed by atoms with Crippen molar-refractivity contribution in [2.45, 2.75) is 32.4 Å². The van der Waals surface area contributed by atoms with E-state index in [0.717, 1.165) is 31.9 Å². The minimum absolute atomic E-state index is 0.130. The van der Waals surface area contributed by atoms with E-state index in [-0.39, 0.29) is 6.61 Å². The number of aliphatic hydroxyl groups excluding tert-OH is 1. The van der Waals surface area contributed by atoms with Crippen molar-refractivity contribution in [3.05, 3.63) is 36.0 Å². The molecule has 2 aromatic heterocycles. The van der Waals surface area contributed by atoms with E-state index in [1.807, 2.05) is 23.2 Å². The van der Waals surface area contributed by atoms with E-state index in [0.29, 0.717) is 12.3 Å². The summed E-state index contributed by atoms with van der Waals surface area (Å²) in [6, 6.07) is 2.03. The highest BCUT2D eigenvalue weighted by Gasteiger charge is 2.20. The van der Waals surface area contributed by atoms with Gasteiger partial charge in [0.1, 0.15) is 0 Å². The molecule has 0 atom stereocenters. The van der Waals surface area contributed by atoms with Gasteiger partial charge in [0.05, 0.1) is 18.2 Å². The number of likely N-dealkylation sites (tertiary alicyclic amines) is 1. The summed E-state index contributed by atoms with van der Waals surface area (Å²) in [6.07, 6.45) is 8.47. The summed E-state index contributed by atoms with van der Waals surface area (Å²) in [5, 5.41) is 17.1. The Balaban J connectivity index is 1.44. The second kappa shape index (κ2) is 6.87. The molecule has 3 rings (SSSR count). The molecule has 21 heavy (non-hydrogen) atoms. The molecule has 1 aliphatic heterocycles. The highest BCUT2D eigenvalue weighted by Crippen LogP contribution is 2.20. The first-order valence-electron chi connectivity index (χ1n) is 7.57. The quantitative estimate of drug-likeness (QED) is 0.869. The molecule has 0 amide bonds. The van der Waals surface area contributed by atoms with Crippen molar-refractivity contribution in [1.29, 1.82) is 0 Å². The summed E-state index contributed by atoms with van der Waals surface area (Å²) >= 11 is 0. The molecule has 0 unspecified atom stereocenters. The summed E-state index contributed by atoms with van der Waals surface area (Å²) in [5.74, 6) is 0.661. The van der Waals surface area contributed by atoms with Crippen LogP contribution in [0.1, 0.15) is 24.1 Å². The van der Waals surface area contributed by atoms with Gasteiger partial charge >= 0.3 is 0 Å². The van der Waals surface area contributed by atoms with E-state index in [4.69, 9.17) is 9.52 Å². The fraction of sp³-hybridized carbons (Fsp3) is 0.600. The maximum absolute atomic E-state index is 8.90. The molecule has 0 aliphatic carbocycles. The van der Waals surface area contributed by atoms with Crippen LogP contribution in [0.5, 0.6) is 0 Å². The standard InChI is InChI=1S/C15H22N4O2/c20-7-3-15-11-19(17-16-15)10-13-1-5-18(6-2-13)9-14-4-8-21-12-14/h4,8,11-13,20H,1-3,5-7,9-10H2. The smallest absolute Gasteiger partial charge is 0.0947 e. The van der Waals surface area contributed by atoms with Crippen LogP contribution in [0.15, 0.2) is 29.2 Å². The van der Waals surface area contributed by atoms with Crippen molar-refractivity contribution >= 4 is 0 Å². The van der Waals surface area contributed by atoms with Crippen LogP contribution < -0.4 is 0 Å². The monoisotopic (exact) mass is 290 g/mol. The lowest BCUT2D eigenvalue weighted by Gasteiger charge is -2.31. The molecule has 1 fully saturated rings.